The molecule has 3 nitrogen and oxygen atoms in total. The van der Waals surface area contributed by atoms with E-state index in [0.717, 1.165) is 12.5 Å². The van der Waals surface area contributed by atoms with Crippen LogP contribution in [0, 0.1) is 17.7 Å². The molecule has 0 spiro atoms. The van der Waals surface area contributed by atoms with Crippen LogP contribution >= 0.6 is 15.9 Å². The first-order valence-corrected chi connectivity index (χ1v) is 8.93. The second-order valence-electron chi connectivity index (χ2n) is 5.71. The van der Waals surface area contributed by atoms with Crippen LogP contribution in [0.5, 0.6) is 0 Å². The first-order valence-electron chi connectivity index (χ1n) is 6.70. The van der Waals surface area contributed by atoms with E-state index in [-0.39, 0.29) is 15.4 Å². The van der Waals surface area contributed by atoms with E-state index in [1.807, 2.05) is 13.8 Å². The van der Waals surface area contributed by atoms with Gasteiger partial charge in [0.25, 0.3) is 0 Å². The smallest absolute Gasteiger partial charge is 0.207 e. The van der Waals surface area contributed by atoms with Crippen LogP contribution in [-0.2, 0) is 10.0 Å². The van der Waals surface area contributed by atoms with E-state index in [1.165, 1.54) is 16.4 Å². The van der Waals surface area contributed by atoms with Crippen LogP contribution in [0.2, 0.25) is 0 Å². The highest BCUT2D eigenvalue weighted by Gasteiger charge is 2.37. The van der Waals surface area contributed by atoms with Crippen molar-refractivity contribution in [2.45, 2.75) is 38.1 Å². The van der Waals surface area contributed by atoms with Gasteiger partial charge in [-0.25, -0.2) is 12.8 Å². The maximum Gasteiger partial charge on any atom is 0.243 e. The van der Waals surface area contributed by atoms with Gasteiger partial charge in [-0.1, -0.05) is 13.8 Å². The molecular formula is C14H19BrFNO2S. The molecule has 0 radical (unpaired) electrons. The van der Waals surface area contributed by atoms with Crippen molar-refractivity contribution in [1.82, 2.24) is 4.31 Å². The van der Waals surface area contributed by atoms with Crippen LogP contribution in [0.15, 0.2) is 27.6 Å². The van der Waals surface area contributed by atoms with Crippen LogP contribution < -0.4 is 0 Å². The van der Waals surface area contributed by atoms with Crippen molar-refractivity contribution in [3.05, 3.63) is 28.5 Å². The summed E-state index contributed by atoms with van der Waals surface area (Å²) >= 11 is 3.04. The Kier molecular flexibility index (Phi) is 4.56. The fourth-order valence-electron chi connectivity index (χ4n) is 2.75. The van der Waals surface area contributed by atoms with Crippen LogP contribution in [0.25, 0.3) is 0 Å². The van der Waals surface area contributed by atoms with Crippen molar-refractivity contribution in [3.63, 3.8) is 0 Å². The third-order valence-corrected chi connectivity index (χ3v) is 6.63. The molecule has 20 heavy (non-hydrogen) atoms. The van der Waals surface area contributed by atoms with Crippen LogP contribution in [0.4, 0.5) is 4.39 Å². The molecule has 1 aromatic carbocycles. The van der Waals surface area contributed by atoms with E-state index in [0.29, 0.717) is 18.4 Å². The Hall–Kier alpha value is -0.460. The molecule has 0 saturated carbocycles. The number of halogens is 2. The number of hydrogen-bond donors (Lipinski definition) is 0. The zero-order valence-electron chi connectivity index (χ0n) is 11.8. The van der Waals surface area contributed by atoms with Crippen LogP contribution in [0.3, 0.4) is 0 Å². The summed E-state index contributed by atoms with van der Waals surface area (Å²) in [5, 5.41) is 0. The first-order chi connectivity index (χ1) is 9.23. The van der Waals surface area contributed by atoms with Crippen molar-refractivity contribution in [2.75, 3.05) is 6.54 Å². The summed E-state index contributed by atoms with van der Waals surface area (Å²) in [6.45, 7) is 6.52. The van der Waals surface area contributed by atoms with Gasteiger partial charge in [-0.2, -0.15) is 4.31 Å². The van der Waals surface area contributed by atoms with Crippen LogP contribution in [0.1, 0.15) is 27.2 Å². The normalized spacial score (nSPS) is 28.6. The van der Waals surface area contributed by atoms with Crippen molar-refractivity contribution < 1.29 is 12.8 Å². The van der Waals surface area contributed by atoms with Gasteiger partial charge in [0, 0.05) is 12.6 Å². The highest BCUT2D eigenvalue weighted by molar-refractivity contribution is 9.10. The Balaban J connectivity index is 2.40. The van der Waals surface area contributed by atoms with Crippen molar-refractivity contribution >= 4 is 26.0 Å². The number of sulfonamides is 1. The quantitative estimate of drug-likeness (QED) is 0.804. The summed E-state index contributed by atoms with van der Waals surface area (Å²) in [7, 11) is -3.64. The third-order valence-electron chi connectivity index (χ3n) is 4.04. The Morgan fingerprint density at radius 1 is 1.30 bits per heavy atom. The number of nitrogens with zero attached hydrogens (tertiary/aromatic N) is 1. The van der Waals surface area contributed by atoms with E-state index in [4.69, 9.17) is 0 Å². The van der Waals surface area contributed by atoms with Gasteiger partial charge >= 0.3 is 0 Å². The summed E-state index contributed by atoms with van der Waals surface area (Å²) in [5.41, 5.74) is 0. The van der Waals surface area contributed by atoms with Crippen LogP contribution in [-0.4, -0.2) is 25.3 Å². The van der Waals surface area contributed by atoms with Crippen molar-refractivity contribution in [2.24, 2.45) is 11.8 Å². The van der Waals surface area contributed by atoms with Gasteiger partial charge in [-0.05, 0) is 59.3 Å². The van der Waals surface area contributed by atoms with Gasteiger partial charge in [-0.15, -0.1) is 0 Å². The zero-order chi connectivity index (χ0) is 15.1. The summed E-state index contributed by atoms with van der Waals surface area (Å²) < 4.78 is 40.8. The minimum atomic E-state index is -3.64. The molecule has 0 aliphatic carbocycles. The Labute approximate surface area is 128 Å². The molecule has 1 aromatic rings. The minimum absolute atomic E-state index is 0.0198. The number of rotatable bonds is 2. The number of piperidine rings is 1. The molecule has 0 bridgehead atoms. The highest BCUT2D eigenvalue weighted by Crippen LogP contribution is 2.32. The van der Waals surface area contributed by atoms with E-state index < -0.39 is 15.8 Å². The second kappa shape index (κ2) is 5.73. The summed E-state index contributed by atoms with van der Waals surface area (Å²) in [6, 6.07) is 3.89. The molecule has 6 heteroatoms. The first kappa shape index (κ1) is 15.9. The molecule has 0 N–H and O–H groups in total. The molecule has 3 unspecified atom stereocenters. The van der Waals surface area contributed by atoms with E-state index in [2.05, 4.69) is 22.9 Å². The molecule has 2 rings (SSSR count). The summed E-state index contributed by atoms with van der Waals surface area (Å²) in [5.74, 6) is 0.0573. The molecule has 3 atom stereocenters. The Morgan fingerprint density at radius 3 is 2.55 bits per heavy atom. The largest absolute Gasteiger partial charge is 0.243 e. The van der Waals surface area contributed by atoms with Crippen molar-refractivity contribution in [1.29, 1.82) is 0 Å². The van der Waals surface area contributed by atoms with Gasteiger partial charge in [-0.3, -0.25) is 0 Å². The van der Waals surface area contributed by atoms with E-state index in [1.54, 1.807) is 0 Å². The van der Waals surface area contributed by atoms with E-state index in [9.17, 15) is 12.8 Å². The molecule has 112 valence electrons. The standard InChI is InChI=1S/C14H19BrFNO2S/c1-9-6-10(2)11(3)17(8-9)20(18,19)12-4-5-13(15)14(16)7-12/h4-5,7,9-11H,6,8H2,1-3H3. The fraction of sp³-hybridized carbons (Fsp3) is 0.571. The molecule has 1 saturated heterocycles. The molecule has 0 amide bonds. The lowest BCUT2D eigenvalue weighted by Crippen LogP contribution is -2.48. The average Bonchev–Trinajstić information content (AvgIpc) is 2.36. The highest BCUT2D eigenvalue weighted by atomic mass is 79.9. The average molecular weight is 364 g/mol. The van der Waals surface area contributed by atoms with E-state index >= 15 is 0 Å². The summed E-state index contributed by atoms with van der Waals surface area (Å²) in [6.07, 6.45) is 1.02. The minimum Gasteiger partial charge on any atom is -0.207 e. The topological polar surface area (TPSA) is 37.4 Å². The number of hydrogen-bond acceptors (Lipinski definition) is 2. The fourth-order valence-corrected chi connectivity index (χ4v) is 4.86. The van der Waals surface area contributed by atoms with Gasteiger partial charge < -0.3 is 0 Å². The monoisotopic (exact) mass is 363 g/mol. The van der Waals surface area contributed by atoms with Gasteiger partial charge in [0.2, 0.25) is 10.0 Å². The Morgan fingerprint density at radius 2 is 1.95 bits per heavy atom. The summed E-state index contributed by atoms with van der Waals surface area (Å²) in [4.78, 5) is 0.0198. The predicted octanol–water partition coefficient (Wildman–Crippen LogP) is 3.64. The Bertz CT molecular complexity index is 605. The molecule has 1 aliphatic rings. The van der Waals surface area contributed by atoms with Gasteiger partial charge in [0.1, 0.15) is 5.82 Å². The van der Waals surface area contributed by atoms with Crippen molar-refractivity contribution in [3.8, 4) is 0 Å². The SMILES string of the molecule is CC1CC(C)C(C)N(S(=O)(=O)c2ccc(Br)c(F)c2)C1. The van der Waals surface area contributed by atoms with Gasteiger partial charge in [0.05, 0.1) is 9.37 Å². The maximum atomic E-state index is 13.6. The zero-order valence-corrected chi connectivity index (χ0v) is 14.2. The third kappa shape index (κ3) is 2.92. The molecule has 0 aromatic heterocycles. The number of benzene rings is 1. The lowest BCUT2D eigenvalue weighted by molar-refractivity contribution is 0.157. The molecule has 1 aliphatic heterocycles. The molecule has 1 fully saturated rings. The van der Waals surface area contributed by atoms with Gasteiger partial charge in [0.15, 0.2) is 0 Å². The lowest BCUT2D eigenvalue weighted by atomic mass is 9.88. The predicted molar refractivity (Wildman–Crippen MR) is 80.4 cm³/mol. The molecular weight excluding hydrogens is 345 g/mol. The molecule has 1 heterocycles. The second-order valence-corrected chi connectivity index (χ2v) is 8.45. The maximum absolute atomic E-state index is 13.6. The lowest BCUT2D eigenvalue weighted by Gasteiger charge is -2.40.